The van der Waals surface area contributed by atoms with E-state index in [9.17, 15) is 4.79 Å². The summed E-state index contributed by atoms with van der Waals surface area (Å²) in [5.74, 6) is 1.29. The zero-order valence-electron chi connectivity index (χ0n) is 12.6. The Morgan fingerprint density at radius 3 is 2.83 bits per heavy atom. The van der Waals surface area contributed by atoms with Gasteiger partial charge < -0.3 is 14.3 Å². The quantitative estimate of drug-likeness (QED) is 0.791. The molecule has 118 valence electrons. The highest BCUT2D eigenvalue weighted by Crippen LogP contribution is 2.23. The Hall–Kier alpha value is -2.60. The average Bonchev–Trinajstić information content (AvgIpc) is 3.13. The molecular formula is C16H14ClN3O3. The summed E-state index contributed by atoms with van der Waals surface area (Å²) in [6.45, 7) is 3.86. The maximum absolute atomic E-state index is 12.1. The van der Waals surface area contributed by atoms with Gasteiger partial charge in [-0.25, -0.2) is 4.98 Å². The standard InChI is InChI=1S/C16H14ClN3O3/c1-9-10(2)22-15(19-9)8-18-16(21)13-7-14(23-20-13)11-4-3-5-12(17)6-11/h3-7H,8H2,1-2H3,(H,18,21). The lowest BCUT2D eigenvalue weighted by atomic mass is 10.1. The predicted molar refractivity (Wildman–Crippen MR) is 84.1 cm³/mol. The SMILES string of the molecule is Cc1nc(CNC(=O)c2cc(-c3cccc(Cl)c3)on2)oc1C. The number of nitrogens with one attached hydrogen (secondary N) is 1. The van der Waals surface area contributed by atoms with E-state index >= 15 is 0 Å². The van der Waals surface area contributed by atoms with Gasteiger partial charge in [-0.3, -0.25) is 4.79 Å². The van der Waals surface area contributed by atoms with E-state index in [1.54, 1.807) is 24.3 Å². The zero-order valence-corrected chi connectivity index (χ0v) is 13.3. The van der Waals surface area contributed by atoms with Crippen LogP contribution >= 0.6 is 11.6 Å². The first-order chi connectivity index (χ1) is 11.0. The molecule has 2 aromatic heterocycles. The summed E-state index contributed by atoms with van der Waals surface area (Å²) in [7, 11) is 0. The van der Waals surface area contributed by atoms with Crippen LogP contribution < -0.4 is 5.32 Å². The van der Waals surface area contributed by atoms with Crippen LogP contribution in [0.1, 0.15) is 27.8 Å². The van der Waals surface area contributed by atoms with Crippen LogP contribution in [0, 0.1) is 13.8 Å². The van der Waals surface area contributed by atoms with Crippen LogP contribution in [0.2, 0.25) is 5.02 Å². The molecule has 2 heterocycles. The second-order valence-corrected chi connectivity index (χ2v) is 5.46. The molecule has 0 fully saturated rings. The number of benzene rings is 1. The van der Waals surface area contributed by atoms with Crippen molar-refractivity contribution in [2.24, 2.45) is 0 Å². The molecule has 1 N–H and O–H groups in total. The molecule has 0 saturated heterocycles. The molecule has 1 aromatic carbocycles. The molecule has 0 radical (unpaired) electrons. The van der Waals surface area contributed by atoms with Gasteiger partial charge in [0.25, 0.3) is 5.91 Å². The van der Waals surface area contributed by atoms with E-state index in [1.807, 2.05) is 19.9 Å². The lowest BCUT2D eigenvalue weighted by Gasteiger charge is -1.98. The minimum atomic E-state index is -0.365. The highest BCUT2D eigenvalue weighted by Gasteiger charge is 2.15. The monoisotopic (exact) mass is 331 g/mol. The van der Waals surface area contributed by atoms with Gasteiger partial charge in [-0.1, -0.05) is 28.9 Å². The van der Waals surface area contributed by atoms with Crippen molar-refractivity contribution in [3.63, 3.8) is 0 Å². The molecule has 0 aliphatic rings. The summed E-state index contributed by atoms with van der Waals surface area (Å²) < 4.78 is 10.6. The molecule has 23 heavy (non-hydrogen) atoms. The Kier molecular flexibility index (Phi) is 4.16. The fraction of sp³-hybridized carbons (Fsp3) is 0.188. The van der Waals surface area contributed by atoms with E-state index in [2.05, 4.69) is 15.5 Å². The summed E-state index contributed by atoms with van der Waals surface area (Å²) >= 11 is 5.94. The molecule has 7 heteroatoms. The number of carbonyl (C=O) groups is 1. The molecule has 1 amide bonds. The van der Waals surface area contributed by atoms with Gasteiger partial charge in [-0.05, 0) is 26.0 Å². The van der Waals surface area contributed by atoms with Gasteiger partial charge in [0.15, 0.2) is 11.5 Å². The van der Waals surface area contributed by atoms with E-state index in [0.717, 1.165) is 17.0 Å². The van der Waals surface area contributed by atoms with Gasteiger partial charge in [-0.2, -0.15) is 0 Å². The molecule has 0 aliphatic carbocycles. The zero-order chi connectivity index (χ0) is 16.4. The van der Waals surface area contributed by atoms with Crippen molar-refractivity contribution in [1.82, 2.24) is 15.5 Å². The fourth-order valence-electron chi connectivity index (χ4n) is 2.02. The first-order valence-corrected chi connectivity index (χ1v) is 7.34. The molecule has 0 spiro atoms. The Morgan fingerprint density at radius 2 is 2.13 bits per heavy atom. The molecule has 0 bridgehead atoms. The van der Waals surface area contributed by atoms with Crippen LogP contribution in [0.15, 0.2) is 39.3 Å². The van der Waals surface area contributed by atoms with Gasteiger partial charge in [0.2, 0.25) is 5.89 Å². The third-order valence-corrected chi connectivity index (χ3v) is 3.56. The van der Waals surface area contributed by atoms with Crippen molar-refractivity contribution >= 4 is 17.5 Å². The number of oxazole rings is 1. The highest BCUT2D eigenvalue weighted by atomic mass is 35.5. The first-order valence-electron chi connectivity index (χ1n) is 6.96. The number of halogens is 1. The number of aromatic nitrogens is 2. The van der Waals surface area contributed by atoms with Crippen LogP contribution in [0.25, 0.3) is 11.3 Å². The van der Waals surface area contributed by atoms with Crippen molar-refractivity contribution < 1.29 is 13.7 Å². The second kappa shape index (κ2) is 6.26. The maximum Gasteiger partial charge on any atom is 0.273 e. The fourth-order valence-corrected chi connectivity index (χ4v) is 2.21. The molecule has 0 unspecified atom stereocenters. The largest absolute Gasteiger partial charge is 0.444 e. The van der Waals surface area contributed by atoms with Crippen LogP contribution in [0.5, 0.6) is 0 Å². The van der Waals surface area contributed by atoms with Crippen LogP contribution in [-0.4, -0.2) is 16.0 Å². The summed E-state index contributed by atoms with van der Waals surface area (Å²) in [5.41, 5.74) is 1.74. The van der Waals surface area contributed by atoms with Gasteiger partial charge in [0, 0.05) is 16.7 Å². The van der Waals surface area contributed by atoms with Gasteiger partial charge >= 0.3 is 0 Å². The van der Waals surface area contributed by atoms with Crippen LogP contribution in [0.4, 0.5) is 0 Å². The van der Waals surface area contributed by atoms with Crippen molar-refractivity contribution in [2.75, 3.05) is 0 Å². The van der Waals surface area contributed by atoms with Crippen molar-refractivity contribution in [3.05, 3.63) is 58.4 Å². The maximum atomic E-state index is 12.1. The number of hydrogen-bond acceptors (Lipinski definition) is 5. The van der Waals surface area contributed by atoms with Crippen LogP contribution in [-0.2, 0) is 6.54 Å². The summed E-state index contributed by atoms with van der Waals surface area (Å²) in [6, 6.07) is 8.68. The third-order valence-electron chi connectivity index (χ3n) is 3.32. The smallest absolute Gasteiger partial charge is 0.273 e. The van der Waals surface area contributed by atoms with E-state index in [4.69, 9.17) is 20.5 Å². The van der Waals surface area contributed by atoms with Gasteiger partial charge in [0.1, 0.15) is 5.76 Å². The lowest BCUT2D eigenvalue weighted by Crippen LogP contribution is -2.23. The number of rotatable bonds is 4. The number of nitrogens with zero attached hydrogens (tertiary/aromatic N) is 2. The average molecular weight is 332 g/mol. The Balaban J connectivity index is 1.69. The minimum absolute atomic E-state index is 0.181. The van der Waals surface area contributed by atoms with E-state index in [0.29, 0.717) is 16.7 Å². The Morgan fingerprint density at radius 1 is 1.30 bits per heavy atom. The summed E-state index contributed by atoms with van der Waals surface area (Å²) in [5, 5.41) is 7.05. The first kappa shape index (κ1) is 15.3. The summed E-state index contributed by atoms with van der Waals surface area (Å²) in [4.78, 5) is 16.3. The number of amides is 1. The number of carbonyl (C=O) groups excluding carboxylic acids is 1. The number of aryl methyl sites for hydroxylation is 2. The molecule has 0 saturated carbocycles. The van der Waals surface area contributed by atoms with E-state index in [-0.39, 0.29) is 18.1 Å². The molecule has 6 nitrogen and oxygen atoms in total. The minimum Gasteiger partial charge on any atom is -0.444 e. The van der Waals surface area contributed by atoms with Crippen molar-refractivity contribution in [1.29, 1.82) is 0 Å². The molecule has 3 aromatic rings. The number of hydrogen-bond donors (Lipinski definition) is 1. The predicted octanol–water partition coefficient (Wildman–Crippen LogP) is 3.53. The highest BCUT2D eigenvalue weighted by molar-refractivity contribution is 6.30. The van der Waals surface area contributed by atoms with E-state index in [1.165, 1.54) is 0 Å². The topological polar surface area (TPSA) is 81.2 Å². The second-order valence-electron chi connectivity index (χ2n) is 5.02. The van der Waals surface area contributed by atoms with Crippen LogP contribution in [0.3, 0.4) is 0 Å². The van der Waals surface area contributed by atoms with Crippen molar-refractivity contribution in [3.8, 4) is 11.3 Å². The third kappa shape index (κ3) is 3.43. The summed E-state index contributed by atoms with van der Waals surface area (Å²) in [6.07, 6.45) is 0. The molecule has 3 rings (SSSR count). The van der Waals surface area contributed by atoms with Gasteiger partial charge in [-0.15, -0.1) is 0 Å². The normalized spacial score (nSPS) is 10.7. The molecule has 0 aliphatic heterocycles. The van der Waals surface area contributed by atoms with Gasteiger partial charge in [0.05, 0.1) is 12.2 Å². The Labute approximate surface area is 137 Å². The Bertz CT molecular complexity index is 834. The molecule has 0 atom stereocenters. The van der Waals surface area contributed by atoms with Crippen molar-refractivity contribution in [2.45, 2.75) is 20.4 Å². The molecular weight excluding hydrogens is 318 g/mol. The van der Waals surface area contributed by atoms with E-state index < -0.39 is 0 Å². The lowest BCUT2D eigenvalue weighted by molar-refractivity contribution is 0.0938.